The molecule has 0 aromatic carbocycles. The highest BCUT2D eigenvalue weighted by molar-refractivity contribution is 5.97. The van der Waals surface area contributed by atoms with Crippen LogP contribution in [0, 0.1) is 6.92 Å². The summed E-state index contributed by atoms with van der Waals surface area (Å²) < 4.78 is 40.6. The molecule has 0 bridgehead atoms. The Balaban J connectivity index is 1.91. The van der Waals surface area contributed by atoms with Crippen molar-refractivity contribution in [3.05, 3.63) is 46.0 Å². The largest absolute Gasteiger partial charge is 0.416 e. The molecule has 128 valence electrons. The molecule has 3 heterocycles. The first-order valence-corrected chi connectivity index (χ1v) is 7.30. The predicted molar refractivity (Wildman–Crippen MR) is 79.7 cm³/mol. The number of hydrogen-bond donors (Lipinski definition) is 0. The van der Waals surface area contributed by atoms with Crippen LogP contribution < -0.4 is 10.5 Å². The molecule has 9 heteroatoms. The number of amides is 1. The third kappa shape index (κ3) is 2.70. The van der Waals surface area contributed by atoms with E-state index in [4.69, 9.17) is 0 Å². The van der Waals surface area contributed by atoms with Crippen LogP contribution in [0.1, 0.15) is 23.7 Å². The number of nitrogens with zero attached hydrogens (tertiary/aromatic N) is 4. The maximum Gasteiger partial charge on any atom is 0.416 e. The molecule has 1 aliphatic rings. The van der Waals surface area contributed by atoms with Crippen molar-refractivity contribution in [2.24, 2.45) is 7.05 Å². The van der Waals surface area contributed by atoms with Crippen LogP contribution in [0.15, 0.2) is 29.2 Å². The SMILES string of the molecule is Cc1cc(N2CCC(n3ccc(C(F)(F)F)cc3=O)C2=O)n(C)n1. The molecule has 2 aromatic heterocycles. The van der Waals surface area contributed by atoms with Gasteiger partial charge in [-0.25, -0.2) is 0 Å². The first kappa shape index (κ1) is 16.3. The fraction of sp³-hybridized carbons (Fsp3) is 0.400. The minimum absolute atomic E-state index is 0.333. The van der Waals surface area contributed by atoms with Crippen LogP contribution >= 0.6 is 0 Å². The van der Waals surface area contributed by atoms with E-state index in [-0.39, 0.29) is 5.91 Å². The van der Waals surface area contributed by atoms with Crippen molar-refractivity contribution in [1.82, 2.24) is 14.3 Å². The fourth-order valence-electron chi connectivity index (χ4n) is 2.92. The van der Waals surface area contributed by atoms with Crippen molar-refractivity contribution in [3.8, 4) is 0 Å². The maximum atomic E-state index is 12.7. The van der Waals surface area contributed by atoms with Gasteiger partial charge in [0.05, 0.1) is 11.3 Å². The van der Waals surface area contributed by atoms with Gasteiger partial charge in [0.25, 0.3) is 11.5 Å². The lowest BCUT2D eigenvalue weighted by molar-refractivity contribution is -0.137. The van der Waals surface area contributed by atoms with Crippen molar-refractivity contribution in [3.63, 3.8) is 0 Å². The molecule has 1 unspecified atom stereocenters. The lowest BCUT2D eigenvalue weighted by Gasteiger charge is -2.17. The van der Waals surface area contributed by atoms with Crippen LogP contribution in [-0.2, 0) is 18.0 Å². The molecule has 1 aliphatic heterocycles. The van der Waals surface area contributed by atoms with Gasteiger partial charge in [-0.3, -0.25) is 19.2 Å². The summed E-state index contributed by atoms with van der Waals surface area (Å²) in [7, 11) is 1.70. The molecule has 1 saturated heterocycles. The van der Waals surface area contributed by atoms with E-state index in [1.165, 1.54) is 4.90 Å². The first-order chi connectivity index (χ1) is 11.2. The highest BCUT2D eigenvalue weighted by Gasteiger charge is 2.37. The number of rotatable bonds is 2. The molecule has 2 aromatic rings. The van der Waals surface area contributed by atoms with E-state index in [1.54, 1.807) is 24.7 Å². The third-order valence-corrected chi connectivity index (χ3v) is 4.04. The standard InChI is InChI=1S/C15H15F3N4O2/c1-9-7-12(20(2)19-9)22-6-4-11(14(22)24)21-5-3-10(8-13(21)23)15(16,17)18/h3,5,7-8,11H,4,6H2,1-2H3. The van der Waals surface area contributed by atoms with Gasteiger partial charge in [0.1, 0.15) is 11.9 Å². The Hall–Kier alpha value is -2.58. The number of pyridine rings is 1. The highest BCUT2D eigenvalue weighted by atomic mass is 19.4. The summed E-state index contributed by atoms with van der Waals surface area (Å²) in [5, 5.41) is 4.17. The third-order valence-electron chi connectivity index (χ3n) is 4.04. The van der Waals surface area contributed by atoms with E-state index in [0.717, 1.165) is 22.5 Å². The van der Waals surface area contributed by atoms with Crippen molar-refractivity contribution in [1.29, 1.82) is 0 Å². The second-order valence-corrected chi connectivity index (χ2v) is 5.72. The Bertz CT molecular complexity index is 853. The summed E-state index contributed by atoms with van der Waals surface area (Å²) in [6.45, 7) is 2.16. The van der Waals surface area contributed by atoms with Crippen LogP contribution in [-0.4, -0.2) is 26.8 Å². The van der Waals surface area contributed by atoms with Gasteiger partial charge in [0.2, 0.25) is 0 Å². The van der Waals surface area contributed by atoms with Crippen LogP contribution in [0.3, 0.4) is 0 Å². The molecular formula is C15H15F3N4O2. The quantitative estimate of drug-likeness (QED) is 0.839. The molecule has 1 fully saturated rings. The van der Waals surface area contributed by atoms with E-state index < -0.39 is 23.3 Å². The fourth-order valence-corrected chi connectivity index (χ4v) is 2.92. The number of carbonyl (C=O) groups is 1. The van der Waals surface area contributed by atoms with E-state index in [0.29, 0.717) is 24.8 Å². The lowest BCUT2D eigenvalue weighted by Crippen LogP contribution is -2.33. The molecule has 6 nitrogen and oxygen atoms in total. The van der Waals surface area contributed by atoms with E-state index in [9.17, 15) is 22.8 Å². The summed E-state index contributed by atoms with van der Waals surface area (Å²) in [6, 6.07) is 2.26. The average Bonchev–Trinajstić information content (AvgIpc) is 3.00. The monoisotopic (exact) mass is 340 g/mol. The van der Waals surface area contributed by atoms with Gasteiger partial charge in [-0.15, -0.1) is 0 Å². The number of aromatic nitrogens is 3. The van der Waals surface area contributed by atoms with E-state index in [1.807, 2.05) is 0 Å². The summed E-state index contributed by atoms with van der Waals surface area (Å²) in [4.78, 5) is 26.1. The van der Waals surface area contributed by atoms with Crippen LogP contribution in [0.25, 0.3) is 0 Å². The summed E-state index contributed by atoms with van der Waals surface area (Å²) in [5.41, 5.74) is -1.12. The van der Waals surface area contributed by atoms with Gasteiger partial charge in [-0.1, -0.05) is 0 Å². The molecule has 0 spiro atoms. The minimum atomic E-state index is -4.59. The predicted octanol–water partition coefficient (Wildman–Crippen LogP) is 1.89. The number of aryl methyl sites for hydroxylation is 2. The van der Waals surface area contributed by atoms with Crippen LogP contribution in [0.5, 0.6) is 0 Å². The molecule has 0 aliphatic carbocycles. The van der Waals surface area contributed by atoms with Crippen molar-refractivity contribution in [2.75, 3.05) is 11.4 Å². The van der Waals surface area contributed by atoms with Gasteiger partial charge in [-0.05, 0) is 19.4 Å². The van der Waals surface area contributed by atoms with Gasteiger partial charge < -0.3 is 4.57 Å². The second kappa shape index (κ2) is 5.50. The number of halogens is 3. The van der Waals surface area contributed by atoms with Gasteiger partial charge >= 0.3 is 6.18 Å². The average molecular weight is 340 g/mol. The number of anilines is 1. The molecule has 1 atom stereocenters. The second-order valence-electron chi connectivity index (χ2n) is 5.72. The Morgan fingerprint density at radius 1 is 1.25 bits per heavy atom. The molecule has 24 heavy (non-hydrogen) atoms. The Morgan fingerprint density at radius 3 is 2.50 bits per heavy atom. The van der Waals surface area contributed by atoms with Crippen molar-refractivity contribution < 1.29 is 18.0 Å². The summed E-state index contributed by atoms with van der Waals surface area (Å²) >= 11 is 0. The van der Waals surface area contributed by atoms with E-state index >= 15 is 0 Å². The normalized spacial score (nSPS) is 18.5. The lowest BCUT2D eigenvalue weighted by atomic mass is 10.2. The first-order valence-electron chi connectivity index (χ1n) is 7.30. The van der Waals surface area contributed by atoms with Gasteiger partial charge in [0, 0.05) is 31.9 Å². The Morgan fingerprint density at radius 2 is 1.96 bits per heavy atom. The number of hydrogen-bond acceptors (Lipinski definition) is 3. The molecule has 3 rings (SSSR count). The van der Waals surface area contributed by atoms with Crippen LogP contribution in [0.4, 0.5) is 19.0 Å². The minimum Gasteiger partial charge on any atom is -0.303 e. The molecule has 0 radical (unpaired) electrons. The number of carbonyl (C=O) groups excluding carboxylic acids is 1. The topological polar surface area (TPSA) is 60.1 Å². The molecule has 0 N–H and O–H groups in total. The molecule has 0 saturated carbocycles. The van der Waals surface area contributed by atoms with Gasteiger partial charge in [-0.2, -0.15) is 18.3 Å². The Kier molecular flexibility index (Phi) is 3.73. The molecule has 1 amide bonds. The zero-order chi connectivity index (χ0) is 17.6. The van der Waals surface area contributed by atoms with Crippen molar-refractivity contribution in [2.45, 2.75) is 25.6 Å². The number of alkyl halides is 3. The summed E-state index contributed by atoms with van der Waals surface area (Å²) in [6.07, 6.45) is -3.21. The van der Waals surface area contributed by atoms with Crippen LogP contribution in [0.2, 0.25) is 0 Å². The molecular weight excluding hydrogens is 325 g/mol. The smallest absolute Gasteiger partial charge is 0.303 e. The summed E-state index contributed by atoms with van der Waals surface area (Å²) in [5.74, 6) is 0.264. The zero-order valence-electron chi connectivity index (χ0n) is 13.0. The van der Waals surface area contributed by atoms with E-state index in [2.05, 4.69) is 5.10 Å². The highest BCUT2D eigenvalue weighted by Crippen LogP contribution is 2.30. The van der Waals surface area contributed by atoms with Gasteiger partial charge in [0.15, 0.2) is 0 Å². The Labute approximate surface area is 135 Å². The zero-order valence-corrected chi connectivity index (χ0v) is 13.0. The maximum absolute atomic E-state index is 12.7. The van der Waals surface area contributed by atoms with Crippen molar-refractivity contribution >= 4 is 11.7 Å².